The number of aromatic nitrogens is 2. The first-order chi connectivity index (χ1) is 15.1. The minimum Gasteiger partial charge on any atom is -0.367 e. The number of piperazine rings is 1. The van der Waals surface area contributed by atoms with Crippen molar-refractivity contribution in [2.24, 2.45) is 7.05 Å². The van der Waals surface area contributed by atoms with Gasteiger partial charge in [0.05, 0.1) is 11.4 Å². The molecule has 1 atom stereocenters. The normalized spacial score (nSPS) is 22.5. The van der Waals surface area contributed by atoms with Gasteiger partial charge in [0.25, 0.3) is 5.91 Å². The quantitative estimate of drug-likeness (QED) is 0.759. The van der Waals surface area contributed by atoms with Crippen LogP contribution in [0.1, 0.15) is 47.4 Å². The lowest BCUT2D eigenvalue weighted by Crippen LogP contribution is -2.56. The van der Waals surface area contributed by atoms with Crippen LogP contribution in [0.15, 0.2) is 24.3 Å². The first-order valence-corrected chi connectivity index (χ1v) is 11.7. The number of para-hydroxylation sites is 1. The number of benzene rings is 1. The maximum absolute atomic E-state index is 14.1. The molecule has 6 nitrogen and oxygen atoms in total. The van der Waals surface area contributed by atoms with Crippen molar-refractivity contribution in [3.63, 3.8) is 0 Å². The lowest BCUT2D eigenvalue weighted by molar-refractivity contribution is 0.0552. The van der Waals surface area contributed by atoms with E-state index in [0.29, 0.717) is 11.7 Å². The van der Waals surface area contributed by atoms with Crippen LogP contribution in [0.25, 0.3) is 0 Å². The van der Waals surface area contributed by atoms with Crippen molar-refractivity contribution in [3.8, 4) is 0 Å². The number of aryl methyl sites for hydroxylation is 2. The molecular weight excluding hydrogens is 393 g/mol. The summed E-state index contributed by atoms with van der Waals surface area (Å²) >= 11 is 0. The summed E-state index contributed by atoms with van der Waals surface area (Å²) < 4.78 is 16.0. The molecule has 3 aliphatic rings. The Morgan fingerprint density at radius 3 is 2.61 bits per heavy atom. The van der Waals surface area contributed by atoms with Crippen molar-refractivity contribution in [1.82, 2.24) is 19.6 Å². The molecule has 0 radical (unpaired) electrons. The molecule has 7 heteroatoms. The van der Waals surface area contributed by atoms with E-state index in [9.17, 15) is 9.18 Å². The summed E-state index contributed by atoms with van der Waals surface area (Å²) in [7, 11) is 1.91. The molecule has 2 aliphatic heterocycles. The molecular formula is C24H32FN5O. The van der Waals surface area contributed by atoms with E-state index in [1.807, 2.05) is 28.8 Å². The molecule has 0 N–H and O–H groups in total. The zero-order chi connectivity index (χ0) is 21.4. The lowest BCUT2D eigenvalue weighted by Gasteiger charge is -2.44. The molecule has 0 spiro atoms. The number of nitrogens with zero attached hydrogens (tertiary/aromatic N) is 5. The largest absolute Gasteiger partial charge is 0.367 e. The Labute approximate surface area is 183 Å². The first kappa shape index (κ1) is 20.5. The molecule has 0 bridgehead atoms. The Balaban J connectivity index is 1.24. The maximum atomic E-state index is 14.1. The van der Waals surface area contributed by atoms with Gasteiger partial charge in [-0.25, -0.2) is 4.39 Å². The van der Waals surface area contributed by atoms with E-state index in [2.05, 4.69) is 14.9 Å². The van der Waals surface area contributed by atoms with E-state index in [1.54, 1.807) is 6.07 Å². The van der Waals surface area contributed by atoms with E-state index in [-0.39, 0.29) is 11.7 Å². The van der Waals surface area contributed by atoms with Gasteiger partial charge in [0.15, 0.2) is 0 Å². The number of rotatable bonds is 3. The van der Waals surface area contributed by atoms with Gasteiger partial charge in [-0.2, -0.15) is 5.10 Å². The van der Waals surface area contributed by atoms with Crippen LogP contribution in [0.2, 0.25) is 0 Å². The highest BCUT2D eigenvalue weighted by atomic mass is 19.1. The summed E-state index contributed by atoms with van der Waals surface area (Å²) in [5.41, 5.74) is 3.80. The summed E-state index contributed by atoms with van der Waals surface area (Å²) in [5, 5.41) is 4.64. The number of anilines is 1. The zero-order valence-electron chi connectivity index (χ0n) is 18.4. The smallest absolute Gasteiger partial charge is 0.272 e. The maximum Gasteiger partial charge on any atom is 0.272 e. The number of hydrogen-bond acceptors (Lipinski definition) is 4. The minimum atomic E-state index is -0.148. The van der Waals surface area contributed by atoms with Gasteiger partial charge in [-0.05, 0) is 50.7 Å². The van der Waals surface area contributed by atoms with Crippen LogP contribution >= 0.6 is 0 Å². The first-order valence-electron chi connectivity index (χ1n) is 11.7. The number of carbonyl (C=O) groups excluding carboxylic acids is 1. The Morgan fingerprint density at radius 1 is 1.03 bits per heavy atom. The number of amides is 1. The Kier molecular flexibility index (Phi) is 5.69. The van der Waals surface area contributed by atoms with Gasteiger partial charge in [0, 0.05) is 57.9 Å². The van der Waals surface area contributed by atoms with Crippen molar-refractivity contribution < 1.29 is 9.18 Å². The lowest BCUT2D eigenvalue weighted by atomic mass is 9.95. The third kappa shape index (κ3) is 3.95. The molecule has 1 amide bonds. The number of piperidine rings is 1. The Morgan fingerprint density at radius 2 is 1.81 bits per heavy atom. The van der Waals surface area contributed by atoms with Gasteiger partial charge >= 0.3 is 0 Å². The van der Waals surface area contributed by atoms with Gasteiger partial charge in [-0.15, -0.1) is 0 Å². The van der Waals surface area contributed by atoms with E-state index in [0.717, 1.165) is 82.8 Å². The SMILES string of the molecule is Cn1nc2c(c1C(=O)N1CCC[C@@H](N3CCN(c4ccccc4F)CC3)C1)CCCC2. The zero-order valence-corrected chi connectivity index (χ0v) is 18.4. The predicted octanol–water partition coefficient (Wildman–Crippen LogP) is 2.86. The monoisotopic (exact) mass is 425 g/mol. The van der Waals surface area contributed by atoms with Crippen molar-refractivity contribution in [2.45, 2.75) is 44.6 Å². The van der Waals surface area contributed by atoms with Gasteiger partial charge in [-0.3, -0.25) is 14.4 Å². The highest BCUT2D eigenvalue weighted by molar-refractivity contribution is 5.94. The highest BCUT2D eigenvalue weighted by Crippen LogP contribution is 2.27. The summed E-state index contributed by atoms with van der Waals surface area (Å²) in [5.74, 6) is -0.00209. The highest BCUT2D eigenvalue weighted by Gasteiger charge is 2.33. The van der Waals surface area contributed by atoms with Crippen molar-refractivity contribution in [1.29, 1.82) is 0 Å². The Hall–Kier alpha value is -2.41. The molecule has 1 aromatic carbocycles. The summed E-state index contributed by atoms with van der Waals surface area (Å²) in [6.45, 7) is 5.05. The fraction of sp³-hybridized carbons (Fsp3) is 0.583. The molecule has 2 fully saturated rings. The van der Waals surface area contributed by atoms with E-state index in [1.165, 1.54) is 18.1 Å². The number of halogens is 1. The average molecular weight is 426 g/mol. The van der Waals surface area contributed by atoms with Crippen LogP contribution in [0, 0.1) is 5.82 Å². The van der Waals surface area contributed by atoms with Crippen molar-refractivity contribution in [2.75, 3.05) is 44.2 Å². The molecule has 2 aromatic rings. The predicted molar refractivity (Wildman–Crippen MR) is 119 cm³/mol. The van der Waals surface area contributed by atoms with Gasteiger partial charge in [0.1, 0.15) is 11.5 Å². The number of carbonyl (C=O) groups is 1. The van der Waals surface area contributed by atoms with Crippen LogP contribution in [0.3, 0.4) is 0 Å². The molecule has 2 saturated heterocycles. The fourth-order valence-corrected chi connectivity index (χ4v) is 5.57. The third-order valence-electron chi connectivity index (χ3n) is 7.23. The van der Waals surface area contributed by atoms with Crippen LogP contribution in [-0.2, 0) is 19.9 Å². The Bertz CT molecular complexity index is 949. The molecule has 1 aliphatic carbocycles. The van der Waals surface area contributed by atoms with E-state index >= 15 is 0 Å². The van der Waals surface area contributed by atoms with E-state index < -0.39 is 0 Å². The van der Waals surface area contributed by atoms with Gasteiger partial charge in [-0.1, -0.05) is 12.1 Å². The number of fused-ring (bicyclic) bond motifs is 1. The summed E-state index contributed by atoms with van der Waals surface area (Å²) in [4.78, 5) is 20.1. The summed E-state index contributed by atoms with van der Waals surface area (Å²) in [6.07, 6.45) is 6.43. The summed E-state index contributed by atoms with van der Waals surface area (Å²) in [6, 6.07) is 7.41. The van der Waals surface area contributed by atoms with Crippen LogP contribution in [0.5, 0.6) is 0 Å². The van der Waals surface area contributed by atoms with Crippen LogP contribution < -0.4 is 4.90 Å². The van der Waals surface area contributed by atoms with E-state index in [4.69, 9.17) is 0 Å². The molecule has 0 saturated carbocycles. The molecule has 3 heterocycles. The van der Waals surface area contributed by atoms with Gasteiger partial charge < -0.3 is 9.80 Å². The topological polar surface area (TPSA) is 44.6 Å². The standard InChI is InChI=1S/C24H32FN5O/c1-27-23(19-8-2-4-10-21(19)26-27)24(31)30-12-6-7-18(17-30)28-13-15-29(16-14-28)22-11-5-3-9-20(22)25/h3,5,9,11,18H,2,4,6-8,10,12-17H2,1H3/t18-/m1/s1. The number of hydrogen-bond donors (Lipinski definition) is 0. The van der Waals surface area contributed by atoms with Crippen molar-refractivity contribution in [3.05, 3.63) is 47.0 Å². The number of likely N-dealkylation sites (tertiary alicyclic amines) is 1. The second-order valence-electron chi connectivity index (χ2n) is 9.13. The molecule has 1 aromatic heterocycles. The molecule has 0 unspecified atom stereocenters. The second-order valence-corrected chi connectivity index (χ2v) is 9.13. The average Bonchev–Trinajstić information content (AvgIpc) is 3.15. The fourth-order valence-electron chi connectivity index (χ4n) is 5.57. The van der Waals surface area contributed by atoms with Crippen molar-refractivity contribution >= 4 is 11.6 Å². The third-order valence-corrected chi connectivity index (χ3v) is 7.23. The molecule has 31 heavy (non-hydrogen) atoms. The van der Waals surface area contributed by atoms with Crippen LogP contribution in [-0.4, -0.2) is 70.8 Å². The minimum absolute atomic E-state index is 0.146. The molecule has 5 rings (SSSR count). The second kappa shape index (κ2) is 8.61. The molecule has 166 valence electrons. The van der Waals surface area contributed by atoms with Crippen LogP contribution in [0.4, 0.5) is 10.1 Å². The van der Waals surface area contributed by atoms with Gasteiger partial charge in [0.2, 0.25) is 0 Å².